The second kappa shape index (κ2) is 11.6. The standard InChI is InChI=1S/C24H29N7O4/c1-17-19(4-5-20-21(17)15-35-24(20)34)7-8-25-9-11-30(10-2-12-32)23(33)13-18-3-6-22(26-14-18)31-16-27-28-29-31/h3-6,14,16,25,32H,2,7-13,15H2,1H3. The number of amides is 1. The van der Waals surface area contributed by atoms with E-state index in [4.69, 9.17) is 4.74 Å². The third-order valence-electron chi connectivity index (χ3n) is 6.09. The molecule has 0 saturated heterocycles. The summed E-state index contributed by atoms with van der Waals surface area (Å²) < 4.78 is 6.57. The molecule has 1 aromatic carbocycles. The van der Waals surface area contributed by atoms with E-state index >= 15 is 0 Å². The van der Waals surface area contributed by atoms with E-state index in [0.29, 0.717) is 44.0 Å². The van der Waals surface area contributed by atoms with Crippen LogP contribution in [0.2, 0.25) is 0 Å². The molecule has 0 aliphatic carbocycles. The lowest BCUT2D eigenvalue weighted by Crippen LogP contribution is -2.39. The number of hydrogen-bond donors (Lipinski definition) is 2. The number of benzene rings is 1. The van der Waals surface area contributed by atoms with Crippen molar-refractivity contribution in [2.24, 2.45) is 0 Å². The van der Waals surface area contributed by atoms with Crippen LogP contribution in [-0.4, -0.2) is 79.9 Å². The zero-order valence-electron chi connectivity index (χ0n) is 19.7. The Labute approximate surface area is 203 Å². The number of pyridine rings is 1. The van der Waals surface area contributed by atoms with Crippen molar-refractivity contribution in [3.05, 3.63) is 64.6 Å². The van der Waals surface area contributed by atoms with Gasteiger partial charge < -0.3 is 20.1 Å². The second-order valence-electron chi connectivity index (χ2n) is 8.37. The smallest absolute Gasteiger partial charge is 0.338 e. The summed E-state index contributed by atoms with van der Waals surface area (Å²) in [5, 5.41) is 23.6. The second-order valence-corrected chi connectivity index (χ2v) is 8.37. The van der Waals surface area contributed by atoms with Crippen LogP contribution in [0.4, 0.5) is 0 Å². The van der Waals surface area contributed by atoms with Gasteiger partial charge in [-0.3, -0.25) is 4.79 Å². The number of hydrogen-bond acceptors (Lipinski definition) is 9. The van der Waals surface area contributed by atoms with E-state index in [9.17, 15) is 14.7 Å². The van der Waals surface area contributed by atoms with Crippen LogP contribution in [0, 0.1) is 6.92 Å². The van der Waals surface area contributed by atoms with Gasteiger partial charge in [0.2, 0.25) is 5.91 Å². The summed E-state index contributed by atoms with van der Waals surface area (Å²) in [6.07, 6.45) is 4.67. The molecule has 11 heteroatoms. The van der Waals surface area contributed by atoms with Gasteiger partial charge in [0.15, 0.2) is 5.82 Å². The number of fused-ring (bicyclic) bond motifs is 1. The lowest BCUT2D eigenvalue weighted by molar-refractivity contribution is -0.130. The molecule has 2 N–H and O–H groups in total. The van der Waals surface area contributed by atoms with Crippen molar-refractivity contribution in [2.45, 2.75) is 32.8 Å². The molecule has 0 unspecified atom stereocenters. The van der Waals surface area contributed by atoms with Gasteiger partial charge in [-0.05, 0) is 65.6 Å². The molecule has 1 amide bonds. The van der Waals surface area contributed by atoms with Crippen LogP contribution < -0.4 is 5.32 Å². The van der Waals surface area contributed by atoms with Gasteiger partial charge in [-0.1, -0.05) is 12.1 Å². The molecule has 35 heavy (non-hydrogen) atoms. The molecular formula is C24H29N7O4. The Morgan fingerprint density at radius 3 is 2.86 bits per heavy atom. The Hall–Kier alpha value is -3.70. The molecule has 184 valence electrons. The number of aromatic nitrogens is 5. The van der Waals surface area contributed by atoms with Gasteiger partial charge in [-0.2, -0.15) is 4.68 Å². The molecule has 0 saturated carbocycles. The van der Waals surface area contributed by atoms with Gasteiger partial charge in [-0.25, -0.2) is 9.78 Å². The van der Waals surface area contributed by atoms with Crippen molar-refractivity contribution >= 4 is 11.9 Å². The zero-order valence-corrected chi connectivity index (χ0v) is 19.7. The van der Waals surface area contributed by atoms with Crippen LogP contribution in [0.5, 0.6) is 0 Å². The van der Waals surface area contributed by atoms with Crippen molar-refractivity contribution in [1.29, 1.82) is 0 Å². The number of aliphatic hydroxyl groups is 1. The van der Waals surface area contributed by atoms with Crippen LogP contribution in [0.3, 0.4) is 0 Å². The minimum absolute atomic E-state index is 0.0173. The third-order valence-corrected chi connectivity index (χ3v) is 6.09. The molecule has 0 atom stereocenters. The maximum atomic E-state index is 12.9. The number of tetrazole rings is 1. The number of aliphatic hydroxyl groups excluding tert-OH is 1. The Balaban J connectivity index is 1.25. The number of rotatable bonds is 12. The highest BCUT2D eigenvalue weighted by Crippen LogP contribution is 2.25. The third kappa shape index (κ3) is 6.06. The Bertz CT molecular complexity index is 1150. The first-order chi connectivity index (χ1) is 17.1. The molecule has 0 bridgehead atoms. The van der Waals surface area contributed by atoms with E-state index in [2.05, 4.69) is 25.8 Å². The van der Waals surface area contributed by atoms with Crippen LogP contribution in [0.1, 0.15) is 39.0 Å². The van der Waals surface area contributed by atoms with Crippen molar-refractivity contribution in [3.63, 3.8) is 0 Å². The zero-order chi connectivity index (χ0) is 24.6. The first kappa shape index (κ1) is 24.4. The maximum absolute atomic E-state index is 12.9. The first-order valence-corrected chi connectivity index (χ1v) is 11.6. The predicted octanol–water partition coefficient (Wildman–Crippen LogP) is 0.622. The number of nitrogens with zero attached hydrogens (tertiary/aromatic N) is 6. The Morgan fingerprint density at radius 1 is 1.23 bits per heavy atom. The number of ether oxygens (including phenoxy) is 1. The van der Waals surface area contributed by atoms with Gasteiger partial charge in [0.05, 0.1) is 12.0 Å². The molecule has 1 aliphatic rings. The largest absolute Gasteiger partial charge is 0.457 e. The summed E-state index contributed by atoms with van der Waals surface area (Å²) in [5.41, 5.74) is 4.73. The van der Waals surface area contributed by atoms with Crippen LogP contribution in [-0.2, 0) is 29.0 Å². The summed E-state index contributed by atoms with van der Waals surface area (Å²) in [7, 11) is 0. The molecule has 3 aromatic rings. The Morgan fingerprint density at radius 2 is 2.11 bits per heavy atom. The minimum atomic E-state index is -0.250. The fraction of sp³-hybridized carbons (Fsp3) is 0.417. The number of cyclic esters (lactones) is 1. The summed E-state index contributed by atoms with van der Waals surface area (Å²) in [6, 6.07) is 7.42. The van der Waals surface area contributed by atoms with E-state index in [0.717, 1.165) is 29.7 Å². The van der Waals surface area contributed by atoms with Gasteiger partial charge in [0.25, 0.3) is 0 Å². The lowest BCUT2D eigenvalue weighted by Gasteiger charge is -2.23. The lowest BCUT2D eigenvalue weighted by atomic mass is 9.97. The summed E-state index contributed by atoms with van der Waals surface area (Å²) in [6.45, 7) is 4.82. The number of esters is 1. The molecule has 1 aliphatic heterocycles. The minimum Gasteiger partial charge on any atom is -0.457 e. The van der Waals surface area contributed by atoms with Crippen LogP contribution >= 0.6 is 0 Å². The summed E-state index contributed by atoms with van der Waals surface area (Å²) >= 11 is 0. The average Bonchev–Trinajstić information content (AvgIpc) is 3.53. The van der Waals surface area contributed by atoms with Crippen molar-refractivity contribution < 1.29 is 19.4 Å². The monoisotopic (exact) mass is 479 g/mol. The SMILES string of the molecule is Cc1c(CCNCCN(CCCO)C(=O)Cc2ccc(-n3cnnn3)nc2)ccc2c1COC2=O. The van der Waals surface area contributed by atoms with Crippen LogP contribution in [0.25, 0.3) is 5.82 Å². The van der Waals surface area contributed by atoms with Crippen molar-refractivity contribution in [1.82, 2.24) is 35.4 Å². The van der Waals surface area contributed by atoms with E-state index in [1.54, 1.807) is 17.2 Å². The molecule has 0 fully saturated rings. The summed E-state index contributed by atoms with van der Waals surface area (Å²) in [4.78, 5) is 30.7. The van der Waals surface area contributed by atoms with Gasteiger partial charge >= 0.3 is 5.97 Å². The molecular weight excluding hydrogens is 450 g/mol. The fourth-order valence-corrected chi connectivity index (χ4v) is 4.06. The first-order valence-electron chi connectivity index (χ1n) is 11.6. The van der Waals surface area contributed by atoms with Crippen molar-refractivity contribution in [2.75, 3.05) is 32.8 Å². The van der Waals surface area contributed by atoms with E-state index in [1.165, 1.54) is 16.6 Å². The normalized spacial score (nSPS) is 12.5. The van der Waals surface area contributed by atoms with E-state index in [-0.39, 0.29) is 24.9 Å². The van der Waals surface area contributed by atoms with Crippen LogP contribution in [0.15, 0.2) is 36.8 Å². The highest BCUT2D eigenvalue weighted by Gasteiger charge is 2.23. The molecule has 11 nitrogen and oxygen atoms in total. The molecule has 2 aromatic heterocycles. The van der Waals surface area contributed by atoms with E-state index in [1.807, 2.05) is 25.1 Å². The number of carbonyl (C=O) groups is 2. The van der Waals surface area contributed by atoms with E-state index < -0.39 is 0 Å². The highest BCUT2D eigenvalue weighted by atomic mass is 16.5. The highest BCUT2D eigenvalue weighted by molar-refractivity contribution is 5.93. The number of nitrogens with one attached hydrogen (secondary N) is 1. The molecule has 3 heterocycles. The average molecular weight is 480 g/mol. The van der Waals surface area contributed by atoms with Gasteiger partial charge in [0, 0.05) is 38.0 Å². The molecule has 0 radical (unpaired) electrons. The fourth-order valence-electron chi connectivity index (χ4n) is 4.06. The predicted molar refractivity (Wildman–Crippen MR) is 126 cm³/mol. The quantitative estimate of drug-likeness (QED) is 0.283. The Kier molecular flexibility index (Phi) is 8.11. The van der Waals surface area contributed by atoms with Crippen molar-refractivity contribution in [3.8, 4) is 5.82 Å². The van der Waals surface area contributed by atoms with Gasteiger partial charge in [-0.15, -0.1) is 5.10 Å². The number of carbonyl (C=O) groups excluding carboxylic acids is 2. The topological polar surface area (TPSA) is 135 Å². The molecule has 0 spiro atoms. The molecule has 4 rings (SSSR count). The maximum Gasteiger partial charge on any atom is 0.338 e. The van der Waals surface area contributed by atoms with Gasteiger partial charge in [0.1, 0.15) is 12.9 Å². The summed E-state index contributed by atoms with van der Waals surface area (Å²) in [5.74, 6) is 0.307.